The molecule has 0 spiro atoms. The lowest BCUT2D eigenvalue weighted by atomic mass is 9.99. The summed E-state index contributed by atoms with van der Waals surface area (Å²) in [6.45, 7) is 7.26. The molecule has 1 aliphatic heterocycles. The van der Waals surface area contributed by atoms with Crippen LogP contribution in [0.3, 0.4) is 0 Å². The first-order valence-corrected chi connectivity index (χ1v) is 6.30. The molecule has 90 valence electrons. The van der Waals surface area contributed by atoms with Crippen molar-refractivity contribution in [1.29, 1.82) is 0 Å². The summed E-state index contributed by atoms with van der Waals surface area (Å²) in [5.41, 5.74) is 2.77. The number of hydrogen-bond acceptors (Lipinski definition) is 2. The molecule has 0 bridgehead atoms. The van der Waals surface area contributed by atoms with Crippen molar-refractivity contribution in [2.24, 2.45) is 18.9 Å². The molecule has 1 aromatic heterocycles. The van der Waals surface area contributed by atoms with E-state index in [2.05, 4.69) is 28.7 Å². The van der Waals surface area contributed by atoms with Gasteiger partial charge in [0.2, 0.25) is 0 Å². The van der Waals surface area contributed by atoms with Gasteiger partial charge in [0, 0.05) is 32.9 Å². The number of likely N-dealkylation sites (tertiary alicyclic amines) is 1. The van der Waals surface area contributed by atoms with Crippen LogP contribution in [-0.4, -0.2) is 34.3 Å². The van der Waals surface area contributed by atoms with Crippen molar-refractivity contribution in [3.8, 4) is 0 Å². The van der Waals surface area contributed by atoms with Gasteiger partial charge in [-0.15, -0.1) is 6.58 Å². The molecule has 3 nitrogen and oxygen atoms in total. The Bertz CT molecular complexity index is 458. The quantitative estimate of drug-likeness (QED) is 0.739. The molecule has 1 aromatic rings. The summed E-state index contributed by atoms with van der Waals surface area (Å²) in [5.74, 6) is 1.54. The number of fused-ring (bicyclic) bond motifs is 1. The molecule has 3 heteroatoms. The van der Waals surface area contributed by atoms with Crippen LogP contribution in [0.15, 0.2) is 31.0 Å². The maximum absolute atomic E-state index is 4.25. The summed E-state index contributed by atoms with van der Waals surface area (Å²) >= 11 is 0. The zero-order chi connectivity index (χ0) is 11.8. The maximum atomic E-state index is 4.25. The first-order chi connectivity index (χ1) is 8.28. The number of aromatic nitrogens is 2. The number of hydrogen-bond donors (Lipinski definition) is 0. The van der Waals surface area contributed by atoms with Crippen LogP contribution in [0.25, 0.3) is 5.57 Å². The van der Waals surface area contributed by atoms with Gasteiger partial charge in [-0.05, 0) is 29.9 Å². The number of aryl methyl sites for hydroxylation is 1. The van der Waals surface area contributed by atoms with Crippen LogP contribution in [0.4, 0.5) is 0 Å². The molecule has 1 saturated heterocycles. The third kappa shape index (κ3) is 1.84. The predicted molar refractivity (Wildman–Crippen MR) is 69.4 cm³/mol. The zero-order valence-corrected chi connectivity index (χ0v) is 10.3. The van der Waals surface area contributed by atoms with Crippen molar-refractivity contribution < 1.29 is 0 Å². The second kappa shape index (κ2) is 4.15. The topological polar surface area (TPSA) is 21.1 Å². The highest BCUT2D eigenvalue weighted by atomic mass is 15.3. The smallest absolute Gasteiger partial charge is 0.0635 e. The minimum atomic E-state index is 0.736. The van der Waals surface area contributed by atoms with Crippen LogP contribution < -0.4 is 0 Å². The average Bonchev–Trinajstić information content (AvgIpc) is 2.91. The second-order valence-corrected chi connectivity index (χ2v) is 5.17. The fraction of sp³-hybridized carbons (Fsp3) is 0.500. The lowest BCUT2D eigenvalue weighted by Gasteiger charge is -2.13. The van der Waals surface area contributed by atoms with Crippen molar-refractivity contribution in [2.75, 3.05) is 19.6 Å². The highest BCUT2D eigenvalue weighted by Crippen LogP contribution is 2.40. The van der Waals surface area contributed by atoms with Crippen LogP contribution in [0, 0.1) is 11.8 Å². The van der Waals surface area contributed by atoms with Gasteiger partial charge in [-0.3, -0.25) is 9.58 Å². The largest absolute Gasteiger partial charge is 0.299 e. The molecule has 2 atom stereocenters. The van der Waals surface area contributed by atoms with E-state index in [9.17, 15) is 0 Å². The number of nitrogens with zero attached hydrogens (tertiary/aromatic N) is 3. The Kier molecular flexibility index (Phi) is 2.63. The standard InChI is InChI=1S/C14H19N3/c1-3-6-17-9-12-7-11(8-13(12)10-17)14-4-5-15-16(14)2/h3-5,7,12-13H,1,6,8-10H2,2H3. The van der Waals surface area contributed by atoms with E-state index in [1.165, 1.54) is 30.8 Å². The molecule has 1 aliphatic carbocycles. The summed E-state index contributed by atoms with van der Waals surface area (Å²) < 4.78 is 1.98. The van der Waals surface area contributed by atoms with E-state index in [-0.39, 0.29) is 0 Å². The Morgan fingerprint density at radius 3 is 3.06 bits per heavy atom. The fourth-order valence-corrected chi connectivity index (χ4v) is 3.21. The lowest BCUT2D eigenvalue weighted by molar-refractivity contribution is 0.358. The number of allylic oxidation sites excluding steroid dienone is 1. The zero-order valence-electron chi connectivity index (χ0n) is 10.3. The van der Waals surface area contributed by atoms with E-state index in [0.29, 0.717) is 0 Å². The van der Waals surface area contributed by atoms with Gasteiger partial charge in [-0.2, -0.15) is 5.10 Å². The Balaban J connectivity index is 1.75. The van der Waals surface area contributed by atoms with Crippen LogP contribution in [-0.2, 0) is 7.05 Å². The van der Waals surface area contributed by atoms with Crippen molar-refractivity contribution >= 4 is 5.57 Å². The van der Waals surface area contributed by atoms with Crippen molar-refractivity contribution in [1.82, 2.24) is 14.7 Å². The lowest BCUT2D eigenvalue weighted by Crippen LogP contribution is -2.21. The van der Waals surface area contributed by atoms with Crippen molar-refractivity contribution in [3.63, 3.8) is 0 Å². The summed E-state index contributed by atoms with van der Waals surface area (Å²) in [6.07, 6.45) is 7.56. The molecule has 0 aromatic carbocycles. The van der Waals surface area contributed by atoms with Gasteiger partial charge in [0.15, 0.2) is 0 Å². The molecular formula is C14H19N3. The van der Waals surface area contributed by atoms with Crippen LogP contribution in [0.5, 0.6) is 0 Å². The highest BCUT2D eigenvalue weighted by molar-refractivity contribution is 5.65. The second-order valence-electron chi connectivity index (χ2n) is 5.17. The van der Waals surface area contributed by atoms with E-state index in [1.807, 2.05) is 24.0 Å². The first kappa shape index (κ1) is 10.8. The maximum Gasteiger partial charge on any atom is 0.0635 e. The Morgan fingerprint density at radius 1 is 1.53 bits per heavy atom. The fourth-order valence-electron chi connectivity index (χ4n) is 3.21. The summed E-state index contributed by atoms with van der Waals surface area (Å²) in [5, 5.41) is 4.25. The predicted octanol–water partition coefficient (Wildman–Crippen LogP) is 1.94. The normalized spacial score (nSPS) is 28.2. The van der Waals surface area contributed by atoms with E-state index in [1.54, 1.807) is 0 Å². The molecule has 2 heterocycles. The highest BCUT2D eigenvalue weighted by Gasteiger charge is 2.36. The van der Waals surface area contributed by atoms with Crippen LogP contribution in [0.2, 0.25) is 0 Å². The van der Waals surface area contributed by atoms with Crippen molar-refractivity contribution in [3.05, 3.63) is 36.7 Å². The first-order valence-electron chi connectivity index (χ1n) is 6.30. The van der Waals surface area contributed by atoms with E-state index >= 15 is 0 Å². The van der Waals surface area contributed by atoms with Crippen LogP contribution >= 0.6 is 0 Å². The molecule has 0 amide bonds. The summed E-state index contributed by atoms with van der Waals surface area (Å²) in [4.78, 5) is 2.50. The molecular weight excluding hydrogens is 210 g/mol. The molecule has 0 radical (unpaired) electrons. The van der Waals surface area contributed by atoms with Gasteiger partial charge < -0.3 is 0 Å². The number of rotatable bonds is 3. The molecule has 0 N–H and O–H groups in total. The van der Waals surface area contributed by atoms with Gasteiger partial charge in [-0.1, -0.05) is 12.2 Å². The van der Waals surface area contributed by atoms with Gasteiger partial charge in [0.05, 0.1) is 5.69 Å². The molecule has 0 saturated carbocycles. The molecule has 1 fully saturated rings. The Hall–Kier alpha value is -1.35. The Labute approximate surface area is 102 Å². The van der Waals surface area contributed by atoms with Crippen LogP contribution in [0.1, 0.15) is 12.1 Å². The minimum absolute atomic E-state index is 0.736. The third-order valence-electron chi connectivity index (χ3n) is 4.00. The van der Waals surface area contributed by atoms with E-state index < -0.39 is 0 Å². The van der Waals surface area contributed by atoms with Gasteiger partial charge in [0.1, 0.15) is 0 Å². The van der Waals surface area contributed by atoms with Gasteiger partial charge >= 0.3 is 0 Å². The SMILES string of the molecule is C=CCN1CC2C=C(c3ccnn3C)CC2C1. The molecule has 2 unspecified atom stereocenters. The molecule has 3 rings (SSSR count). The summed E-state index contributed by atoms with van der Waals surface area (Å²) in [7, 11) is 2.02. The van der Waals surface area contributed by atoms with E-state index in [4.69, 9.17) is 0 Å². The van der Waals surface area contributed by atoms with E-state index in [0.717, 1.165) is 18.4 Å². The minimum Gasteiger partial charge on any atom is -0.299 e. The molecule has 2 aliphatic rings. The Morgan fingerprint density at radius 2 is 2.41 bits per heavy atom. The third-order valence-corrected chi connectivity index (χ3v) is 4.00. The van der Waals surface area contributed by atoms with Gasteiger partial charge in [0.25, 0.3) is 0 Å². The average molecular weight is 229 g/mol. The monoisotopic (exact) mass is 229 g/mol. The summed E-state index contributed by atoms with van der Waals surface area (Å²) in [6, 6.07) is 2.12. The van der Waals surface area contributed by atoms with Crippen molar-refractivity contribution in [2.45, 2.75) is 6.42 Å². The van der Waals surface area contributed by atoms with Gasteiger partial charge in [-0.25, -0.2) is 0 Å². The molecule has 17 heavy (non-hydrogen) atoms.